The summed E-state index contributed by atoms with van der Waals surface area (Å²) >= 11 is 0. The van der Waals surface area contributed by atoms with Crippen molar-refractivity contribution in [1.29, 1.82) is 0 Å². The monoisotopic (exact) mass is 509 g/mol. The maximum atomic E-state index is 13.5. The minimum Gasteiger partial charge on any atom is -0.455 e. The van der Waals surface area contributed by atoms with E-state index in [-0.39, 0.29) is 35.4 Å². The molecule has 9 nitrogen and oxygen atoms in total. The number of furan rings is 1. The number of rotatable bonds is 8. The molecule has 1 aliphatic carbocycles. The number of sulfone groups is 1. The lowest BCUT2D eigenvalue weighted by Gasteiger charge is -2.25. The van der Waals surface area contributed by atoms with E-state index in [0.717, 1.165) is 29.7 Å². The second-order valence-corrected chi connectivity index (χ2v) is 12.6. The van der Waals surface area contributed by atoms with Crippen LogP contribution in [-0.2, 0) is 19.9 Å². The highest BCUT2D eigenvalue weighted by molar-refractivity contribution is 7.92. The van der Waals surface area contributed by atoms with Gasteiger partial charge in [0.05, 0.1) is 23.3 Å². The lowest BCUT2D eigenvalue weighted by Crippen LogP contribution is -2.34. The number of hydrogen-bond acceptors (Lipinski definition) is 7. The SMILES string of the molecule is CS(=O)(=O)CCN(c1cc2oc(-c3ccc(F)cc3)c(/C(N)=N/O)c2cc1C1CC1)S(C)(=O)=O. The lowest BCUT2D eigenvalue weighted by molar-refractivity contribution is 0.318. The van der Waals surface area contributed by atoms with Gasteiger partial charge < -0.3 is 15.4 Å². The molecule has 3 aromatic rings. The second kappa shape index (κ2) is 8.58. The van der Waals surface area contributed by atoms with Gasteiger partial charge in [0, 0.05) is 29.8 Å². The molecular weight excluding hydrogens is 485 g/mol. The normalized spacial score (nSPS) is 15.1. The molecular formula is C22H24FN3O6S2. The lowest BCUT2D eigenvalue weighted by atomic mass is 10.0. The molecule has 1 saturated carbocycles. The number of amidine groups is 1. The zero-order valence-corrected chi connectivity index (χ0v) is 20.2. The van der Waals surface area contributed by atoms with Gasteiger partial charge >= 0.3 is 0 Å². The van der Waals surface area contributed by atoms with Crippen LogP contribution in [-0.4, -0.2) is 52.7 Å². The molecule has 0 unspecified atom stereocenters. The summed E-state index contributed by atoms with van der Waals surface area (Å²) in [6, 6.07) is 8.74. The van der Waals surface area contributed by atoms with Crippen molar-refractivity contribution in [3.05, 3.63) is 53.3 Å². The van der Waals surface area contributed by atoms with Gasteiger partial charge in [-0.05, 0) is 54.7 Å². The van der Waals surface area contributed by atoms with Gasteiger partial charge in [-0.2, -0.15) is 0 Å². The number of sulfonamides is 1. The van der Waals surface area contributed by atoms with Crippen LogP contribution >= 0.6 is 0 Å². The highest BCUT2D eigenvalue weighted by atomic mass is 32.2. The Bertz CT molecular complexity index is 1490. The Labute approximate surface area is 196 Å². The molecule has 3 N–H and O–H groups in total. The summed E-state index contributed by atoms with van der Waals surface area (Å²) in [6.45, 7) is -0.248. The maximum Gasteiger partial charge on any atom is 0.232 e. The van der Waals surface area contributed by atoms with Crippen LogP contribution in [0.25, 0.3) is 22.3 Å². The van der Waals surface area contributed by atoms with Crippen molar-refractivity contribution in [2.45, 2.75) is 18.8 Å². The predicted molar refractivity (Wildman–Crippen MR) is 128 cm³/mol. The van der Waals surface area contributed by atoms with Crippen molar-refractivity contribution in [1.82, 2.24) is 0 Å². The molecule has 0 spiro atoms. The van der Waals surface area contributed by atoms with Crippen molar-refractivity contribution >= 4 is 42.4 Å². The highest BCUT2D eigenvalue weighted by Crippen LogP contribution is 2.48. The summed E-state index contributed by atoms with van der Waals surface area (Å²) < 4.78 is 69.4. The number of oxime groups is 1. The van der Waals surface area contributed by atoms with Gasteiger partial charge in [0.25, 0.3) is 0 Å². The molecule has 0 amide bonds. The van der Waals surface area contributed by atoms with E-state index in [1.807, 2.05) is 0 Å². The Morgan fingerprint density at radius 2 is 1.82 bits per heavy atom. The molecule has 12 heteroatoms. The van der Waals surface area contributed by atoms with Gasteiger partial charge in [-0.3, -0.25) is 4.31 Å². The van der Waals surface area contributed by atoms with E-state index in [2.05, 4.69) is 5.16 Å². The van der Waals surface area contributed by atoms with E-state index in [0.29, 0.717) is 27.8 Å². The van der Waals surface area contributed by atoms with Crippen LogP contribution in [0.2, 0.25) is 0 Å². The molecule has 1 aliphatic rings. The minimum atomic E-state index is -3.82. The van der Waals surface area contributed by atoms with E-state index in [1.54, 1.807) is 6.07 Å². The fraction of sp³-hybridized carbons (Fsp3) is 0.318. The topological polar surface area (TPSA) is 143 Å². The van der Waals surface area contributed by atoms with Crippen LogP contribution in [0.3, 0.4) is 0 Å². The zero-order valence-electron chi connectivity index (χ0n) is 18.5. The van der Waals surface area contributed by atoms with Gasteiger partial charge in [0.2, 0.25) is 10.0 Å². The third-order valence-corrected chi connectivity index (χ3v) is 7.76. The maximum absolute atomic E-state index is 13.5. The van der Waals surface area contributed by atoms with Crippen LogP contribution in [0, 0.1) is 5.82 Å². The first-order valence-electron chi connectivity index (χ1n) is 10.4. The van der Waals surface area contributed by atoms with E-state index in [1.165, 1.54) is 30.3 Å². The number of hydrogen-bond donors (Lipinski definition) is 2. The number of nitrogens with zero attached hydrogens (tertiary/aromatic N) is 2. The molecule has 4 rings (SSSR count). The van der Waals surface area contributed by atoms with Crippen molar-refractivity contribution in [2.24, 2.45) is 10.9 Å². The average Bonchev–Trinajstić information content (AvgIpc) is 3.52. The van der Waals surface area contributed by atoms with Crippen LogP contribution in [0.5, 0.6) is 0 Å². The number of anilines is 1. The fourth-order valence-electron chi connectivity index (χ4n) is 3.91. The van der Waals surface area contributed by atoms with Crippen LogP contribution in [0.1, 0.15) is 29.9 Å². The molecule has 1 fully saturated rings. The summed E-state index contributed by atoms with van der Waals surface area (Å²) in [5.41, 5.74) is 8.02. The van der Waals surface area contributed by atoms with Crippen molar-refractivity contribution < 1.29 is 30.9 Å². The molecule has 1 heterocycles. The third kappa shape index (κ3) is 4.87. The predicted octanol–water partition coefficient (Wildman–Crippen LogP) is 3.02. The Balaban J connectivity index is 1.97. The van der Waals surface area contributed by atoms with Gasteiger partial charge in [-0.25, -0.2) is 21.2 Å². The van der Waals surface area contributed by atoms with E-state index < -0.39 is 25.7 Å². The Morgan fingerprint density at radius 3 is 2.35 bits per heavy atom. The first-order chi connectivity index (χ1) is 15.9. The molecule has 0 atom stereocenters. The largest absolute Gasteiger partial charge is 0.455 e. The summed E-state index contributed by atoms with van der Waals surface area (Å²) in [5, 5.41) is 13.0. The number of fused-ring (bicyclic) bond motifs is 1. The standard InChI is InChI=1S/C22H24FN3O6S2/c1-33(28,29)10-9-26(34(2,30)31)18-12-19-17(11-16(18)13-3-4-13)20(22(24)25-27)21(32-19)14-5-7-15(23)8-6-14/h5-8,11-13,27H,3-4,9-10H2,1-2H3,(H2,24,25). The second-order valence-electron chi connectivity index (χ2n) is 8.44. The summed E-state index contributed by atoms with van der Waals surface area (Å²) in [7, 11) is -7.25. The quantitative estimate of drug-likeness (QED) is 0.206. The average molecular weight is 510 g/mol. The first kappa shape index (κ1) is 24.0. The zero-order chi connectivity index (χ0) is 24.8. The Hall–Kier alpha value is -3.12. The Kier molecular flexibility index (Phi) is 6.06. The van der Waals surface area contributed by atoms with Gasteiger partial charge in [0.1, 0.15) is 27.0 Å². The molecule has 1 aromatic heterocycles. The van der Waals surface area contributed by atoms with Crippen LogP contribution in [0.4, 0.5) is 10.1 Å². The van der Waals surface area contributed by atoms with Gasteiger partial charge in [0.15, 0.2) is 5.84 Å². The van der Waals surface area contributed by atoms with Crippen LogP contribution in [0.15, 0.2) is 46.0 Å². The summed E-state index contributed by atoms with van der Waals surface area (Å²) in [4.78, 5) is 0. The Morgan fingerprint density at radius 1 is 1.18 bits per heavy atom. The van der Waals surface area contributed by atoms with Crippen molar-refractivity contribution in [3.8, 4) is 11.3 Å². The van der Waals surface area contributed by atoms with E-state index >= 15 is 0 Å². The molecule has 0 saturated heterocycles. The molecule has 182 valence electrons. The smallest absolute Gasteiger partial charge is 0.232 e. The van der Waals surface area contributed by atoms with Gasteiger partial charge in [-0.15, -0.1) is 0 Å². The van der Waals surface area contributed by atoms with E-state index in [9.17, 15) is 26.4 Å². The summed E-state index contributed by atoms with van der Waals surface area (Å²) in [5.74, 6) is -0.712. The number of benzene rings is 2. The number of nitrogens with two attached hydrogens (primary N) is 1. The highest BCUT2D eigenvalue weighted by Gasteiger charge is 2.33. The third-order valence-electron chi connectivity index (χ3n) is 5.66. The molecule has 0 bridgehead atoms. The number of halogens is 1. The van der Waals surface area contributed by atoms with Crippen molar-refractivity contribution in [3.63, 3.8) is 0 Å². The van der Waals surface area contributed by atoms with Crippen LogP contribution < -0.4 is 10.0 Å². The first-order valence-corrected chi connectivity index (χ1v) is 14.3. The molecule has 0 radical (unpaired) electrons. The fourth-order valence-corrected chi connectivity index (χ4v) is 5.48. The summed E-state index contributed by atoms with van der Waals surface area (Å²) in [6.07, 6.45) is 3.74. The van der Waals surface area contributed by atoms with Crippen molar-refractivity contribution in [2.75, 3.05) is 29.1 Å². The van der Waals surface area contributed by atoms with E-state index in [4.69, 9.17) is 10.2 Å². The van der Waals surface area contributed by atoms with Gasteiger partial charge in [-0.1, -0.05) is 5.16 Å². The molecule has 34 heavy (non-hydrogen) atoms. The molecule has 0 aliphatic heterocycles. The molecule has 2 aromatic carbocycles. The minimum absolute atomic E-state index is 0.0752.